The summed E-state index contributed by atoms with van der Waals surface area (Å²) in [5, 5.41) is 1.08. The number of aromatic nitrogens is 3. The minimum absolute atomic E-state index is 0.123. The van der Waals surface area contributed by atoms with Crippen molar-refractivity contribution in [3.05, 3.63) is 16.7 Å². The highest BCUT2D eigenvalue weighted by Crippen LogP contribution is 2.32. The Morgan fingerprint density at radius 1 is 1.15 bits per heavy atom. The third kappa shape index (κ3) is 5.42. The van der Waals surface area contributed by atoms with Crippen LogP contribution >= 0.6 is 23.4 Å². The summed E-state index contributed by atoms with van der Waals surface area (Å²) in [4.78, 5) is 17.7. The highest BCUT2D eigenvalue weighted by atomic mass is 35.5. The molecule has 5 nitrogen and oxygen atoms in total. The first-order chi connectivity index (χ1) is 12.8. The largest absolute Gasteiger partial charge is 0.358 e. The zero-order valence-corrected chi connectivity index (χ0v) is 18.6. The molecule has 0 aliphatic carbocycles. The van der Waals surface area contributed by atoms with Gasteiger partial charge in [0.25, 0.3) is 0 Å². The van der Waals surface area contributed by atoms with Gasteiger partial charge in [-0.1, -0.05) is 50.6 Å². The first kappa shape index (κ1) is 22.1. The highest BCUT2D eigenvalue weighted by molar-refractivity contribution is 7.98. The fraction of sp³-hybridized carbons (Fsp3) is 0.632. The third-order valence-electron chi connectivity index (χ3n) is 4.31. The number of nitrogens with zero attached hydrogens (tertiary/aromatic N) is 5. The normalized spacial score (nSPS) is 11.8. The molecule has 2 heterocycles. The van der Waals surface area contributed by atoms with Crippen LogP contribution < -0.4 is 4.90 Å². The zero-order valence-electron chi connectivity index (χ0n) is 17.0. The van der Waals surface area contributed by atoms with Gasteiger partial charge in [-0.2, -0.15) is 0 Å². The monoisotopic (exact) mass is 413 g/mol. The molecule has 0 aliphatic heterocycles. The Kier molecular flexibility index (Phi) is 8.06. The average Bonchev–Trinajstić information content (AvgIpc) is 2.62. The Bertz CT molecular complexity index is 787. The molecule has 0 amide bonds. The Hall–Kier alpha value is -1.18. The van der Waals surface area contributed by atoms with Crippen LogP contribution in [0.3, 0.4) is 0 Å². The van der Waals surface area contributed by atoms with E-state index in [0.29, 0.717) is 28.7 Å². The number of likely N-dealkylation sites (N-methyl/N-ethyl adjacent to an activating group) is 2. The van der Waals surface area contributed by atoms with Gasteiger partial charge < -0.3 is 9.80 Å². The van der Waals surface area contributed by atoms with E-state index >= 15 is 0 Å². The predicted molar refractivity (Wildman–Crippen MR) is 114 cm³/mol. The van der Waals surface area contributed by atoms with Crippen molar-refractivity contribution in [2.75, 3.05) is 44.9 Å². The van der Waals surface area contributed by atoms with Crippen molar-refractivity contribution >= 4 is 40.1 Å². The standard InChI is InChI=1S/C19H29ClFN5S/c1-7-8-13-14-16(15(21)17(20)22-13)23-19(27-6)24-18(14)26(5)10-9-25(4)11-12(2)3/h12H,7-11H2,1-6H3. The summed E-state index contributed by atoms with van der Waals surface area (Å²) in [6.45, 7) is 9.17. The minimum atomic E-state index is -0.573. The maximum absolute atomic E-state index is 14.7. The van der Waals surface area contributed by atoms with Crippen molar-refractivity contribution in [2.24, 2.45) is 5.92 Å². The lowest BCUT2D eigenvalue weighted by Crippen LogP contribution is -2.33. The van der Waals surface area contributed by atoms with Crippen LogP contribution in [0.4, 0.5) is 10.2 Å². The molecule has 2 aromatic heterocycles. The van der Waals surface area contributed by atoms with E-state index in [1.165, 1.54) is 11.8 Å². The molecule has 0 bridgehead atoms. The van der Waals surface area contributed by atoms with Crippen LogP contribution in [0.25, 0.3) is 10.9 Å². The molecule has 8 heteroatoms. The topological polar surface area (TPSA) is 45.2 Å². The third-order valence-corrected chi connectivity index (χ3v) is 5.10. The van der Waals surface area contributed by atoms with Crippen molar-refractivity contribution in [3.63, 3.8) is 0 Å². The summed E-state index contributed by atoms with van der Waals surface area (Å²) in [5.41, 5.74) is 1.01. The molecule has 0 saturated carbocycles. The van der Waals surface area contributed by atoms with Gasteiger partial charge in [0.05, 0.1) is 11.1 Å². The van der Waals surface area contributed by atoms with Crippen LogP contribution in [0.2, 0.25) is 5.15 Å². The first-order valence-corrected chi connectivity index (χ1v) is 10.9. The fourth-order valence-corrected chi connectivity index (χ4v) is 3.65. The number of rotatable bonds is 9. The van der Waals surface area contributed by atoms with E-state index in [9.17, 15) is 4.39 Å². The Balaban J connectivity index is 2.48. The van der Waals surface area contributed by atoms with Gasteiger partial charge in [0.2, 0.25) is 0 Å². The number of halogens is 2. The van der Waals surface area contributed by atoms with E-state index in [1.54, 1.807) is 0 Å². The number of thioether (sulfide) groups is 1. The van der Waals surface area contributed by atoms with Gasteiger partial charge in [0.15, 0.2) is 16.1 Å². The summed E-state index contributed by atoms with van der Waals surface area (Å²) in [6.07, 6.45) is 3.47. The average molecular weight is 414 g/mol. The molecule has 0 N–H and O–H groups in total. The fourth-order valence-electron chi connectivity index (χ4n) is 3.10. The van der Waals surface area contributed by atoms with Crippen LogP contribution in [0.5, 0.6) is 0 Å². The Labute approximate surface area is 170 Å². The van der Waals surface area contributed by atoms with Crippen LogP contribution in [-0.2, 0) is 6.42 Å². The second kappa shape index (κ2) is 9.85. The van der Waals surface area contributed by atoms with Gasteiger partial charge in [-0.15, -0.1) is 0 Å². The number of aryl methyl sites for hydroxylation is 1. The smallest absolute Gasteiger partial charge is 0.189 e. The molecule has 0 spiro atoms. The molecule has 150 valence electrons. The molecule has 0 fully saturated rings. The van der Waals surface area contributed by atoms with Crippen molar-refractivity contribution in [3.8, 4) is 0 Å². The van der Waals surface area contributed by atoms with Gasteiger partial charge >= 0.3 is 0 Å². The molecule has 0 unspecified atom stereocenters. The van der Waals surface area contributed by atoms with E-state index in [-0.39, 0.29) is 10.7 Å². The number of hydrogen-bond donors (Lipinski definition) is 0. The van der Waals surface area contributed by atoms with Gasteiger partial charge in [0.1, 0.15) is 11.3 Å². The summed E-state index contributed by atoms with van der Waals surface area (Å²) >= 11 is 7.43. The molecule has 2 aromatic rings. The molecular weight excluding hydrogens is 385 g/mol. The number of anilines is 1. The van der Waals surface area contributed by atoms with E-state index in [2.05, 4.69) is 52.6 Å². The molecular formula is C19H29ClFN5S. The van der Waals surface area contributed by atoms with Gasteiger partial charge in [-0.25, -0.2) is 19.3 Å². The van der Waals surface area contributed by atoms with Crippen molar-refractivity contribution in [1.82, 2.24) is 19.9 Å². The summed E-state index contributed by atoms with van der Waals surface area (Å²) in [5.74, 6) is 0.754. The van der Waals surface area contributed by atoms with Gasteiger partial charge in [0, 0.05) is 26.7 Å². The lowest BCUT2D eigenvalue weighted by atomic mass is 10.1. The van der Waals surface area contributed by atoms with Crippen molar-refractivity contribution < 1.29 is 4.39 Å². The summed E-state index contributed by atoms with van der Waals surface area (Å²) in [6, 6.07) is 0. The summed E-state index contributed by atoms with van der Waals surface area (Å²) < 4.78 is 14.7. The molecule has 0 radical (unpaired) electrons. The highest BCUT2D eigenvalue weighted by Gasteiger charge is 2.21. The van der Waals surface area contributed by atoms with Crippen molar-refractivity contribution in [1.29, 1.82) is 0 Å². The second-order valence-electron chi connectivity index (χ2n) is 7.25. The van der Waals surface area contributed by atoms with E-state index < -0.39 is 5.82 Å². The van der Waals surface area contributed by atoms with Crippen LogP contribution in [0, 0.1) is 11.7 Å². The van der Waals surface area contributed by atoms with E-state index in [1.807, 2.05) is 13.3 Å². The van der Waals surface area contributed by atoms with Crippen molar-refractivity contribution in [2.45, 2.75) is 38.8 Å². The first-order valence-electron chi connectivity index (χ1n) is 9.27. The predicted octanol–water partition coefficient (Wildman–Crippen LogP) is 4.52. The van der Waals surface area contributed by atoms with Gasteiger partial charge in [-0.3, -0.25) is 0 Å². The SMILES string of the molecule is CCCc1nc(Cl)c(F)c2nc(SC)nc(N(C)CCN(C)CC(C)C)c12. The number of fused-ring (bicyclic) bond motifs is 1. The lowest BCUT2D eigenvalue weighted by molar-refractivity contribution is 0.301. The maximum atomic E-state index is 14.7. The molecule has 0 aromatic carbocycles. The quantitative estimate of drug-likeness (QED) is 0.342. The maximum Gasteiger partial charge on any atom is 0.189 e. The number of hydrogen-bond acceptors (Lipinski definition) is 6. The second-order valence-corrected chi connectivity index (χ2v) is 8.38. The molecule has 27 heavy (non-hydrogen) atoms. The molecule has 2 rings (SSSR count). The van der Waals surface area contributed by atoms with Crippen LogP contribution in [-0.4, -0.2) is 59.8 Å². The van der Waals surface area contributed by atoms with E-state index in [4.69, 9.17) is 11.6 Å². The van der Waals surface area contributed by atoms with Crippen LogP contribution in [0.1, 0.15) is 32.9 Å². The molecule has 0 atom stereocenters. The Morgan fingerprint density at radius 2 is 1.85 bits per heavy atom. The number of pyridine rings is 1. The minimum Gasteiger partial charge on any atom is -0.358 e. The van der Waals surface area contributed by atoms with E-state index in [0.717, 1.165) is 31.7 Å². The molecule has 0 aliphatic rings. The Morgan fingerprint density at radius 3 is 2.44 bits per heavy atom. The molecule has 0 saturated heterocycles. The van der Waals surface area contributed by atoms with Crippen LogP contribution in [0.15, 0.2) is 5.16 Å². The van der Waals surface area contributed by atoms with Gasteiger partial charge in [-0.05, 0) is 25.6 Å². The zero-order chi connectivity index (χ0) is 20.1. The lowest BCUT2D eigenvalue weighted by Gasteiger charge is -2.25. The summed E-state index contributed by atoms with van der Waals surface area (Å²) in [7, 11) is 4.10.